The van der Waals surface area contributed by atoms with Crippen LogP contribution in [0.1, 0.15) is 22.5 Å². The number of carbonyl (C=O) groups is 1. The van der Waals surface area contributed by atoms with Crippen LogP contribution in [0, 0.1) is 6.92 Å². The van der Waals surface area contributed by atoms with Gasteiger partial charge in [0.2, 0.25) is 0 Å². The standard InChI is InChI=1S/C16H18BrN3O/c1-11-9-14(13-4-3-12(17)10-15(13)19-11)16(21)20-7-2-5-18-6-8-20/h3-4,9-10,18H,2,5-8H2,1H3. The molecule has 4 nitrogen and oxygen atoms in total. The number of carbonyl (C=O) groups excluding carboxylic acids is 1. The molecule has 2 heterocycles. The Morgan fingerprint density at radius 2 is 2.14 bits per heavy atom. The van der Waals surface area contributed by atoms with Gasteiger partial charge in [-0.25, -0.2) is 0 Å². The van der Waals surface area contributed by atoms with E-state index in [0.29, 0.717) is 0 Å². The van der Waals surface area contributed by atoms with Crippen LogP contribution < -0.4 is 5.32 Å². The lowest BCUT2D eigenvalue weighted by Gasteiger charge is -2.21. The maximum absolute atomic E-state index is 12.9. The zero-order valence-corrected chi connectivity index (χ0v) is 13.6. The van der Waals surface area contributed by atoms with Crippen molar-refractivity contribution in [2.45, 2.75) is 13.3 Å². The lowest BCUT2D eigenvalue weighted by atomic mass is 10.1. The van der Waals surface area contributed by atoms with Gasteiger partial charge >= 0.3 is 0 Å². The summed E-state index contributed by atoms with van der Waals surface area (Å²) in [4.78, 5) is 19.3. The molecule has 0 saturated carbocycles. The predicted octanol–water partition coefficient (Wildman–Crippen LogP) is 2.74. The van der Waals surface area contributed by atoms with Crippen molar-refractivity contribution >= 4 is 32.7 Å². The lowest BCUT2D eigenvalue weighted by Crippen LogP contribution is -2.34. The number of nitrogens with one attached hydrogen (secondary N) is 1. The molecule has 1 fully saturated rings. The molecule has 110 valence electrons. The highest BCUT2D eigenvalue weighted by molar-refractivity contribution is 9.10. The van der Waals surface area contributed by atoms with Gasteiger partial charge in [0.05, 0.1) is 11.1 Å². The number of benzene rings is 1. The third kappa shape index (κ3) is 3.09. The van der Waals surface area contributed by atoms with Crippen molar-refractivity contribution in [3.05, 3.63) is 40.0 Å². The van der Waals surface area contributed by atoms with Crippen LogP contribution in [0.3, 0.4) is 0 Å². The Bertz CT molecular complexity index is 673. The Kier molecular flexibility index (Phi) is 4.22. The number of halogens is 1. The molecule has 0 unspecified atom stereocenters. The van der Waals surface area contributed by atoms with Crippen molar-refractivity contribution < 1.29 is 4.79 Å². The average Bonchev–Trinajstić information content (AvgIpc) is 2.74. The first-order chi connectivity index (χ1) is 10.1. The smallest absolute Gasteiger partial charge is 0.254 e. The normalized spacial score (nSPS) is 16.0. The molecule has 1 saturated heterocycles. The molecule has 0 aliphatic carbocycles. The maximum atomic E-state index is 12.9. The van der Waals surface area contributed by atoms with Crippen molar-refractivity contribution in [2.24, 2.45) is 0 Å². The van der Waals surface area contributed by atoms with E-state index < -0.39 is 0 Å². The molecule has 1 aliphatic heterocycles. The van der Waals surface area contributed by atoms with E-state index in [4.69, 9.17) is 0 Å². The van der Waals surface area contributed by atoms with Gasteiger partial charge in [0, 0.05) is 35.2 Å². The summed E-state index contributed by atoms with van der Waals surface area (Å²) in [7, 11) is 0. The number of nitrogens with zero attached hydrogens (tertiary/aromatic N) is 2. The fourth-order valence-electron chi connectivity index (χ4n) is 2.73. The Balaban J connectivity index is 2.04. The van der Waals surface area contributed by atoms with E-state index in [2.05, 4.69) is 26.2 Å². The van der Waals surface area contributed by atoms with Gasteiger partial charge in [-0.3, -0.25) is 9.78 Å². The molecule has 1 aromatic carbocycles. The maximum Gasteiger partial charge on any atom is 0.254 e. The minimum atomic E-state index is 0.108. The number of amides is 1. The second-order valence-corrected chi connectivity index (χ2v) is 6.28. The first-order valence-electron chi connectivity index (χ1n) is 7.22. The number of rotatable bonds is 1. The topological polar surface area (TPSA) is 45.2 Å². The lowest BCUT2D eigenvalue weighted by molar-refractivity contribution is 0.0768. The first kappa shape index (κ1) is 14.5. The van der Waals surface area contributed by atoms with E-state index in [0.717, 1.165) is 59.2 Å². The van der Waals surface area contributed by atoms with E-state index in [-0.39, 0.29) is 5.91 Å². The molecule has 5 heteroatoms. The highest BCUT2D eigenvalue weighted by Crippen LogP contribution is 2.23. The number of hydrogen-bond acceptors (Lipinski definition) is 3. The summed E-state index contributed by atoms with van der Waals surface area (Å²) in [5, 5.41) is 4.25. The van der Waals surface area contributed by atoms with Crippen LogP contribution in [0.2, 0.25) is 0 Å². The van der Waals surface area contributed by atoms with Crippen LogP contribution in [0.15, 0.2) is 28.7 Å². The Hall–Kier alpha value is -1.46. The second kappa shape index (κ2) is 6.12. The number of pyridine rings is 1. The van der Waals surface area contributed by atoms with Gasteiger partial charge in [-0.15, -0.1) is 0 Å². The quantitative estimate of drug-likeness (QED) is 0.862. The Morgan fingerprint density at radius 3 is 3.00 bits per heavy atom. The number of aromatic nitrogens is 1. The summed E-state index contributed by atoms with van der Waals surface area (Å²) in [5.41, 5.74) is 2.49. The number of fused-ring (bicyclic) bond motifs is 1. The molecule has 0 bridgehead atoms. The fraction of sp³-hybridized carbons (Fsp3) is 0.375. The van der Waals surface area contributed by atoms with Crippen molar-refractivity contribution in [2.75, 3.05) is 26.2 Å². The summed E-state index contributed by atoms with van der Waals surface area (Å²) in [6.07, 6.45) is 0.999. The van der Waals surface area contributed by atoms with Gasteiger partial charge in [-0.2, -0.15) is 0 Å². The van der Waals surface area contributed by atoms with E-state index >= 15 is 0 Å². The molecule has 0 radical (unpaired) electrons. The molecule has 2 aromatic rings. The summed E-state index contributed by atoms with van der Waals surface area (Å²) in [6.45, 7) is 5.34. The van der Waals surface area contributed by atoms with Crippen LogP contribution in [-0.4, -0.2) is 42.0 Å². The molecule has 3 rings (SSSR count). The second-order valence-electron chi connectivity index (χ2n) is 5.37. The van der Waals surface area contributed by atoms with E-state index in [9.17, 15) is 4.79 Å². The van der Waals surface area contributed by atoms with Crippen LogP contribution in [0.4, 0.5) is 0 Å². The van der Waals surface area contributed by atoms with Gasteiger partial charge < -0.3 is 10.2 Å². The minimum absolute atomic E-state index is 0.108. The van der Waals surface area contributed by atoms with Crippen LogP contribution in [-0.2, 0) is 0 Å². The van der Waals surface area contributed by atoms with Gasteiger partial charge in [-0.1, -0.05) is 22.0 Å². The Labute approximate surface area is 132 Å². The van der Waals surface area contributed by atoms with Gasteiger partial charge in [0.15, 0.2) is 0 Å². The van der Waals surface area contributed by atoms with Crippen LogP contribution in [0.5, 0.6) is 0 Å². The zero-order valence-electron chi connectivity index (χ0n) is 12.0. The molecule has 0 spiro atoms. The first-order valence-corrected chi connectivity index (χ1v) is 8.01. The molecular formula is C16H18BrN3O. The molecule has 1 N–H and O–H groups in total. The number of aryl methyl sites for hydroxylation is 1. The molecule has 1 amide bonds. The van der Waals surface area contributed by atoms with Crippen molar-refractivity contribution in [3.63, 3.8) is 0 Å². The van der Waals surface area contributed by atoms with Gasteiger partial charge in [-0.05, 0) is 38.1 Å². The monoisotopic (exact) mass is 347 g/mol. The van der Waals surface area contributed by atoms with Crippen molar-refractivity contribution in [3.8, 4) is 0 Å². The molecule has 21 heavy (non-hydrogen) atoms. The molecular weight excluding hydrogens is 330 g/mol. The fourth-order valence-corrected chi connectivity index (χ4v) is 3.08. The van der Waals surface area contributed by atoms with Crippen LogP contribution >= 0.6 is 15.9 Å². The molecule has 1 aliphatic rings. The highest BCUT2D eigenvalue weighted by atomic mass is 79.9. The van der Waals surface area contributed by atoms with E-state index in [1.54, 1.807) is 0 Å². The summed E-state index contributed by atoms with van der Waals surface area (Å²) >= 11 is 3.46. The van der Waals surface area contributed by atoms with E-state index in [1.807, 2.05) is 36.1 Å². The summed E-state index contributed by atoms with van der Waals surface area (Å²) < 4.78 is 0.977. The molecule has 1 aromatic heterocycles. The summed E-state index contributed by atoms with van der Waals surface area (Å²) in [5.74, 6) is 0.108. The average molecular weight is 348 g/mol. The van der Waals surface area contributed by atoms with Crippen molar-refractivity contribution in [1.82, 2.24) is 15.2 Å². The third-order valence-corrected chi connectivity index (χ3v) is 4.25. The predicted molar refractivity (Wildman–Crippen MR) is 87.6 cm³/mol. The number of hydrogen-bond donors (Lipinski definition) is 1. The zero-order chi connectivity index (χ0) is 14.8. The van der Waals surface area contributed by atoms with Gasteiger partial charge in [0.25, 0.3) is 5.91 Å². The van der Waals surface area contributed by atoms with Crippen molar-refractivity contribution in [1.29, 1.82) is 0 Å². The molecule has 0 atom stereocenters. The SMILES string of the molecule is Cc1cc(C(=O)N2CCCNCC2)c2ccc(Br)cc2n1. The highest BCUT2D eigenvalue weighted by Gasteiger charge is 2.20. The largest absolute Gasteiger partial charge is 0.337 e. The third-order valence-electron chi connectivity index (χ3n) is 3.76. The minimum Gasteiger partial charge on any atom is -0.337 e. The summed E-state index contributed by atoms with van der Waals surface area (Å²) in [6, 6.07) is 7.79. The van der Waals surface area contributed by atoms with Crippen LogP contribution in [0.25, 0.3) is 10.9 Å². The van der Waals surface area contributed by atoms with Gasteiger partial charge in [0.1, 0.15) is 0 Å². The van der Waals surface area contributed by atoms with E-state index in [1.165, 1.54) is 0 Å². The Morgan fingerprint density at radius 1 is 1.29 bits per heavy atom.